The van der Waals surface area contributed by atoms with E-state index in [4.69, 9.17) is 15.2 Å². The number of hydrogen-bond donors (Lipinski definition) is 2. The zero-order chi connectivity index (χ0) is 18.1. The summed E-state index contributed by atoms with van der Waals surface area (Å²) in [5.74, 6) is -0.204. The molecule has 134 valence electrons. The molecule has 1 saturated heterocycles. The number of fused-ring (bicyclic) bond motifs is 1. The van der Waals surface area contributed by atoms with E-state index < -0.39 is 24.4 Å². The molecule has 26 heavy (non-hydrogen) atoms. The number of nitrogen functional groups attached to an aromatic ring is 1. The largest absolute Gasteiger partial charge is 0.454 e. The molecular formula is C17H17N5O4. The summed E-state index contributed by atoms with van der Waals surface area (Å²) in [4.78, 5) is 24.7. The summed E-state index contributed by atoms with van der Waals surface area (Å²) in [6.07, 6.45) is 1.49. The van der Waals surface area contributed by atoms with Gasteiger partial charge in [-0.25, -0.2) is 19.7 Å². The number of hydrogen-bond acceptors (Lipinski definition) is 8. The van der Waals surface area contributed by atoms with Gasteiger partial charge in [0, 0.05) is 6.42 Å². The van der Waals surface area contributed by atoms with Crippen LogP contribution in [-0.2, 0) is 9.47 Å². The first-order valence-corrected chi connectivity index (χ1v) is 8.12. The van der Waals surface area contributed by atoms with Crippen LogP contribution in [-0.4, -0.2) is 49.4 Å². The zero-order valence-electron chi connectivity index (χ0n) is 13.7. The van der Waals surface area contributed by atoms with Crippen molar-refractivity contribution in [3.8, 4) is 0 Å². The predicted molar refractivity (Wildman–Crippen MR) is 91.0 cm³/mol. The van der Waals surface area contributed by atoms with Crippen LogP contribution in [0.1, 0.15) is 23.0 Å². The van der Waals surface area contributed by atoms with Crippen LogP contribution < -0.4 is 5.73 Å². The van der Waals surface area contributed by atoms with Crippen LogP contribution in [0.15, 0.2) is 43.0 Å². The summed E-state index contributed by atoms with van der Waals surface area (Å²) in [6, 6.07) is 8.70. The molecule has 9 heteroatoms. The van der Waals surface area contributed by atoms with Crippen molar-refractivity contribution >= 4 is 23.0 Å². The molecule has 1 aliphatic rings. The molecule has 3 aromatic rings. The van der Waals surface area contributed by atoms with Gasteiger partial charge in [-0.3, -0.25) is 4.57 Å². The van der Waals surface area contributed by atoms with Crippen molar-refractivity contribution in [2.24, 2.45) is 0 Å². The molecule has 1 fully saturated rings. The van der Waals surface area contributed by atoms with Crippen molar-refractivity contribution < 1.29 is 19.4 Å². The molecule has 3 atom stereocenters. The number of nitrogens with two attached hydrogens (primary N) is 1. The lowest BCUT2D eigenvalue weighted by Crippen LogP contribution is -2.25. The summed E-state index contributed by atoms with van der Waals surface area (Å²) in [7, 11) is 0. The molecule has 0 aliphatic carbocycles. The number of esters is 1. The maximum absolute atomic E-state index is 12.4. The molecule has 0 unspecified atom stereocenters. The molecule has 9 nitrogen and oxygen atoms in total. The maximum atomic E-state index is 12.4. The third-order valence-electron chi connectivity index (χ3n) is 4.28. The van der Waals surface area contributed by atoms with E-state index in [0.717, 1.165) is 0 Å². The second kappa shape index (κ2) is 6.70. The molecular weight excluding hydrogens is 338 g/mol. The molecule has 2 aromatic heterocycles. The van der Waals surface area contributed by atoms with E-state index in [1.807, 2.05) is 6.07 Å². The van der Waals surface area contributed by atoms with Crippen LogP contribution in [0, 0.1) is 0 Å². The molecule has 0 saturated carbocycles. The van der Waals surface area contributed by atoms with E-state index in [1.165, 1.54) is 12.7 Å². The van der Waals surface area contributed by atoms with Crippen molar-refractivity contribution in [3.63, 3.8) is 0 Å². The van der Waals surface area contributed by atoms with E-state index in [0.29, 0.717) is 23.1 Å². The number of ether oxygens (including phenoxy) is 2. The topological polar surface area (TPSA) is 125 Å². The summed E-state index contributed by atoms with van der Waals surface area (Å²) < 4.78 is 13.1. The highest BCUT2D eigenvalue weighted by Crippen LogP contribution is 2.34. The van der Waals surface area contributed by atoms with Crippen LogP contribution >= 0.6 is 0 Å². The van der Waals surface area contributed by atoms with Crippen molar-refractivity contribution in [3.05, 3.63) is 48.5 Å². The Bertz CT molecular complexity index is 929. The standard InChI is InChI=1S/C17H17N5O4/c18-14-13-15(20-8-19-14)22(9-21-13)16-12(6-11(7-23)25-16)26-17(24)10-4-2-1-3-5-10/h1-5,8-9,11-12,16,23H,6-7H2,(H2,18,19,20)/t11-,12-,16+/m0/s1. The van der Waals surface area contributed by atoms with Gasteiger partial charge in [-0.05, 0) is 12.1 Å². The average molecular weight is 355 g/mol. The molecule has 0 spiro atoms. The Labute approximate surface area is 148 Å². The number of carbonyl (C=O) groups is 1. The Morgan fingerprint density at radius 3 is 2.88 bits per heavy atom. The number of aromatic nitrogens is 4. The zero-order valence-corrected chi connectivity index (χ0v) is 13.7. The highest BCUT2D eigenvalue weighted by atomic mass is 16.6. The lowest BCUT2D eigenvalue weighted by molar-refractivity contribution is -0.0562. The summed E-state index contributed by atoms with van der Waals surface area (Å²) in [6.45, 7) is -0.181. The van der Waals surface area contributed by atoms with Crippen LogP contribution in [0.5, 0.6) is 0 Å². The van der Waals surface area contributed by atoms with Crippen molar-refractivity contribution in [2.45, 2.75) is 24.9 Å². The van der Waals surface area contributed by atoms with Gasteiger partial charge in [0.1, 0.15) is 17.9 Å². The monoisotopic (exact) mass is 355 g/mol. The van der Waals surface area contributed by atoms with E-state index >= 15 is 0 Å². The van der Waals surface area contributed by atoms with Crippen molar-refractivity contribution in [1.82, 2.24) is 19.5 Å². The van der Waals surface area contributed by atoms with Gasteiger partial charge in [0.15, 0.2) is 17.7 Å². The van der Waals surface area contributed by atoms with Gasteiger partial charge in [0.05, 0.1) is 24.6 Å². The van der Waals surface area contributed by atoms with Crippen LogP contribution in [0.4, 0.5) is 5.82 Å². The van der Waals surface area contributed by atoms with Gasteiger partial charge >= 0.3 is 5.97 Å². The molecule has 0 radical (unpaired) electrons. The Hall–Kier alpha value is -3.04. The van der Waals surface area contributed by atoms with E-state index in [1.54, 1.807) is 28.8 Å². The maximum Gasteiger partial charge on any atom is 0.338 e. The normalized spacial score (nSPS) is 22.6. The van der Waals surface area contributed by atoms with Gasteiger partial charge in [0.25, 0.3) is 0 Å². The third-order valence-corrected chi connectivity index (χ3v) is 4.28. The molecule has 3 N–H and O–H groups in total. The summed E-state index contributed by atoms with van der Waals surface area (Å²) in [5, 5.41) is 9.47. The number of benzene rings is 1. The van der Waals surface area contributed by atoms with E-state index in [-0.39, 0.29) is 12.4 Å². The van der Waals surface area contributed by atoms with Crippen LogP contribution in [0.2, 0.25) is 0 Å². The first-order valence-electron chi connectivity index (χ1n) is 8.12. The second-order valence-corrected chi connectivity index (χ2v) is 5.96. The number of carbonyl (C=O) groups excluding carboxylic acids is 1. The van der Waals surface area contributed by atoms with Gasteiger partial charge in [-0.2, -0.15) is 0 Å². The first-order chi connectivity index (χ1) is 12.7. The lowest BCUT2D eigenvalue weighted by atomic mass is 10.2. The number of aliphatic hydroxyl groups excluding tert-OH is 1. The van der Waals surface area contributed by atoms with Crippen molar-refractivity contribution in [1.29, 1.82) is 0 Å². The fourth-order valence-electron chi connectivity index (χ4n) is 3.02. The van der Waals surface area contributed by atoms with Gasteiger partial charge in [-0.15, -0.1) is 0 Å². The van der Waals surface area contributed by atoms with E-state index in [2.05, 4.69) is 15.0 Å². The minimum Gasteiger partial charge on any atom is -0.454 e. The van der Waals surface area contributed by atoms with Gasteiger partial charge in [-0.1, -0.05) is 18.2 Å². The number of rotatable bonds is 4. The summed E-state index contributed by atoms with van der Waals surface area (Å²) >= 11 is 0. The Kier molecular flexibility index (Phi) is 4.23. The third kappa shape index (κ3) is 2.87. The SMILES string of the molecule is Nc1ncnc2c1ncn2[C@@H]1O[C@H](CO)C[C@@H]1OC(=O)c1ccccc1. The van der Waals surface area contributed by atoms with E-state index in [9.17, 15) is 9.90 Å². The predicted octanol–water partition coefficient (Wildman–Crippen LogP) is 0.914. The molecule has 0 bridgehead atoms. The molecule has 0 amide bonds. The van der Waals surface area contributed by atoms with Crippen molar-refractivity contribution in [2.75, 3.05) is 12.3 Å². The fourth-order valence-corrected chi connectivity index (χ4v) is 3.02. The lowest BCUT2D eigenvalue weighted by Gasteiger charge is -2.20. The first kappa shape index (κ1) is 16.4. The Balaban J connectivity index is 1.64. The smallest absolute Gasteiger partial charge is 0.338 e. The fraction of sp³-hybridized carbons (Fsp3) is 0.294. The van der Waals surface area contributed by atoms with Gasteiger partial charge < -0.3 is 20.3 Å². The highest BCUT2D eigenvalue weighted by molar-refractivity contribution is 5.89. The number of aliphatic hydroxyl groups is 1. The second-order valence-electron chi connectivity index (χ2n) is 5.96. The van der Waals surface area contributed by atoms with Crippen LogP contribution in [0.3, 0.4) is 0 Å². The summed E-state index contributed by atoms with van der Waals surface area (Å²) in [5.41, 5.74) is 7.18. The average Bonchev–Trinajstić information content (AvgIpc) is 3.27. The van der Waals surface area contributed by atoms with Gasteiger partial charge in [0.2, 0.25) is 0 Å². The number of imidazole rings is 1. The molecule has 4 rings (SSSR count). The number of nitrogens with zero attached hydrogens (tertiary/aromatic N) is 4. The molecule has 1 aliphatic heterocycles. The quantitative estimate of drug-likeness (QED) is 0.662. The Morgan fingerprint density at radius 1 is 1.31 bits per heavy atom. The number of anilines is 1. The molecule has 3 heterocycles. The highest BCUT2D eigenvalue weighted by Gasteiger charge is 2.40. The Morgan fingerprint density at radius 2 is 2.12 bits per heavy atom. The molecule has 1 aromatic carbocycles. The van der Waals surface area contributed by atoms with Crippen LogP contribution in [0.25, 0.3) is 11.2 Å². The minimum atomic E-state index is -0.667. The minimum absolute atomic E-state index is 0.181.